The van der Waals surface area contributed by atoms with E-state index >= 15 is 0 Å². The van der Waals surface area contributed by atoms with E-state index in [1.165, 1.54) is 24.3 Å². The number of carbonyl (C=O) groups excluding carboxylic acids is 2. The molecule has 102 valence electrons. The molecule has 1 aromatic rings. The Balaban J connectivity index is 0.000000711. The van der Waals surface area contributed by atoms with E-state index in [9.17, 15) is 14.4 Å². The van der Waals surface area contributed by atoms with E-state index in [-0.39, 0.29) is 11.1 Å². The minimum Gasteiger partial charge on any atom is -0.481 e. The smallest absolute Gasteiger partial charge is 0.346 e. The van der Waals surface area contributed by atoms with Crippen LogP contribution in [0.2, 0.25) is 0 Å². The molecule has 19 heavy (non-hydrogen) atoms. The minimum atomic E-state index is -1.24. The molecule has 1 rings (SSSR count). The number of ether oxygens (including phenoxy) is 1. The molecule has 7 nitrogen and oxygen atoms in total. The topological polar surface area (TPSA) is 118 Å². The third kappa shape index (κ3) is 6.57. The first kappa shape index (κ1) is 16.3. The molecule has 0 aliphatic heterocycles. The Labute approximate surface area is 108 Å². The van der Waals surface area contributed by atoms with E-state index < -0.39 is 23.9 Å². The molecule has 1 aromatic carbocycles. The van der Waals surface area contributed by atoms with Gasteiger partial charge in [0, 0.05) is 13.8 Å². The Hall–Kier alpha value is -2.70. The second-order valence-electron chi connectivity index (χ2n) is 3.25. The van der Waals surface area contributed by atoms with Gasteiger partial charge in [0.15, 0.2) is 0 Å². The maximum absolute atomic E-state index is 11.3. The van der Waals surface area contributed by atoms with Gasteiger partial charge in [-0.3, -0.25) is 9.59 Å². The fourth-order valence-corrected chi connectivity index (χ4v) is 1.03. The summed E-state index contributed by atoms with van der Waals surface area (Å²) in [5, 5.41) is 16.2. The van der Waals surface area contributed by atoms with Crippen molar-refractivity contribution in [3.63, 3.8) is 0 Å². The molecule has 0 saturated carbocycles. The summed E-state index contributed by atoms with van der Waals surface area (Å²) in [6, 6.07) is 5.52. The van der Waals surface area contributed by atoms with Gasteiger partial charge in [-0.05, 0) is 12.1 Å². The van der Waals surface area contributed by atoms with Crippen LogP contribution in [0, 0.1) is 0 Å². The van der Waals surface area contributed by atoms with Gasteiger partial charge in [0.05, 0.1) is 11.1 Å². The van der Waals surface area contributed by atoms with Gasteiger partial charge in [-0.2, -0.15) is 0 Å². The van der Waals surface area contributed by atoms with Crippen LogP contribution in [0.1, 0.15) is 34.6 Å². The van der Waals surface area contributed by atoms with Gasteiger partial charge in [0.2, 0.25) is 0 Å². The zero-order valence-electron chi connectivity index (χ0n) is 10.2. The third-order valence-electron chi connectivity index (χ3n) is 1.61. The first-order valence-electron chi connectivity index (χ1n) is 5.00. The maximum Gasteiger partial charge on any atom is 0.346 e. The van der Waals surface area contributed by atoms with Crippen LogP contribution in [0.15, 0.2) is 24.3 Å². The highest BCUT2D eigenvalue weighted by atomic mass is 16.6. The van der Waals surface area contributed by atoms with Gasteiger partial charge in [-0.15, -0.1) is 0 Å². The predicted molar refractivity (Wildman–Crippen MR) is 62.8 cm³/mol. The van der Waals surface area contributed by atoms with Crippen LogP contribution in [0.4, 0.5) is 0 Å². The first-order valence-corrected chi connectivity index (χ1v) is 5.00. The summed E-state index contributed by atoms with van der Waals surface area (Å²) in [6.45, 7) is 2.15. The maximum atomic E-state index is 11.3. The van der Waals surface area contributed by atoms with Crippen molar-refractivity contribution in [3.05, 3.63) is 35.4 Å². The molecule has 0 fully saturated rings. The quantitative estimate of drug-likeness (QED) is 0.610. The standard InChI is InChI=1S/C10H8O5.C2H4O2/c1-6(11)15-10(14)8-5-3-2-4-7(8)9(12)13;1-2(3)4/h2-5H,1H3,(H,12,13);1H3,(H,3,4). The van der Waals surface area contributed by atoms with Crippen LogP contribution >= 0.6 is 0 Å². The lowest BCUT2D eigenvalue weighted by Crippen LogP contribution is -2.13. The molecule has 0 atom stereocenters. The van der Waals surface area contributed by atoms with E-state index in [4.69, 9.17) is 15.0 Å². The Morgan fingerprint density at radius 1 is 0.947 bits per heavy atom. The van der Waals surface area contributed by atoms with Crippen molar-refractivity contribution in [2.45, 2.75) is 13.8 Å². The summed E-state index contributed by atoms with van der Waals surface area (Å²) in [6.07, 6.45) is 0. The van der Waals surface area contributed by atoms with Crippen molar-refractivity contribution in [2.24, 2.45) is 0 Å². The normalized spacial score (nSPS) is 8.74. The lowest BCUT2D eigenvalue weighted by atomic mass is 10.1. The van der Waals surface area contributed by atoms with Gasteiger partial charge in [0.1, 0.15) is 0 Å². The molecular formula is C12H12O7. The number of esters is 2. The summed E-state index contributed by atoms with van der Waals surface area (Å²) in [4.78, 5) is 41.5. The number of benzene rings is 1. The van der Waals surface area contributed by atoms with Crippen molar-refractivity contribution >= 4 is 23.9 Å². The van der Waals surface area contributed by atoms with E-state index in [0.29, 0.717) is 0 Å². The molecule has 0 bridgehead atoms. The van der Waals surface area contributed by atoms with Gasteiger partial charge in [0.25, 0.3) is 5.97 Å². The average molecular weight is 268 g/mol. The molecule has 0 saturated heterocycles. The number of hydrogen-bond acceptors (Lipinski definition) is 5. The number of aliphatic carboxylic acids is 1. The molecule has 0 heterocycles. The molecule has 0 spiro atoms. The van der Waals surface area contributed by atoms with Gasteiger partial charge in [-0.25, -0.2) is 9.59 Å². The summed E-state index contributed by atoms with van der Waals surface area (Å²) in [5.41, 5.74) is -0.330. The van der Waals surface area contributed by atoms with E-state index in [0.717, 1.165) is 13.8 Å². The summed E-state index contributed by atoms with van der Waals surface area (Å²) in [5.74, 6) is -3.81. The summed E-state index contributed by atoms with van der Waals surface area (Å²) >= 11 is 0. The minimum absolute atomic E-state index is 0.139. The van der Waals surface area contributed by atoms with Crippen LogP contribution in [-0.4, -0.2) is 34.1 Å². The number of carbonyl (C=O) groups is 4. The summed E-state index contributed by atoms with van der Waals surface area (Å²) in [7, 11) is 0. The van der Waals surface area contributed by atoms with Crippen molar-refractivity contribution in [1.82, 2.24) is 0 Å². The zero-order valence-corrected chi connectivity index (χ0v) is 10.2. The van der Waals surface area contributed by atoms with Crippen LogP contribution in [0.25, 0.3) is 0 Å². The fraction of sp³-hybridized carbons (Fsp3) is 0.167. The highest BCUT2D eigenvalue weighted by molar-refractivity contribution is 6.05. The van der Waals surface area contributed by atoms with Crippen molar-refractivity contribution < 1.29 is 34.1 Å². The molecule has 0 aliphatic carbocycles. The average Bonchev–Trinajstić information content (AvgIpc) is 2.27. The van der Waals surface area contributed by atoms with Crippen LogP contribution < -0.4 is 0 Å². The lowest BCUT2D eigenvalue weighted by molar-refractivity contribution is -0.136. The molecule has 0 unspecified atom stereocenters. The Morgan fingerprint density at radius 3 is 1.74 bits per heavy atom. The van der Waals surface area contributed by atoms with Gasteiger partial charge < -0.3 is 14.9 Å². The highest BCUT2D eigenvalue weighted by Crippen LogP contribution is 2.10. The second-order valence-corrected chi connectivity index (χ2v) is 3.25. The molecule has 0 radical (unpaired) electrons. The Morgan fingerprint density at radius 2 is 1.37 bits per heavy atom. The molecule has 0 amide bonds. The van der Waals surface area contributed by atoms with Crippen molar-refractivity contribution in [3.8, 4) is 0 Å². The number of aromatic carboxylic acids is 1. The Bertz CT molecular complexity index is 501. The fourth-order valence-electron chi connectivity index (χ4n) is 1.03. The third-order valence-corrected chi connectivity index (χ3v) is 1.61. The number of carboxylic acids is 2. The van der Waals surface area contributed by atoms with E-state index in [1.54, 1.807) is 0 Å². The largest absolute Gasteiger partial charge is 0.481 e. The van der Waals surface area contributed by atoms with E-state index in [1.807, 2.05) is 0 Å². The first-order chi connectivity index (χ1) is 8.75. The summed E-state index contributed by atoms with van der Waals surface area (Å²) < 4.78 is 4.29. The predicted octanol–water partition coefficient (Wildman–Crippen LogP) is 1.18. The van der Waals surface area contributed by atoms with Crippen LogP contribution in [0.3, 0.4) is 0 Å². The van der Waals surface area contributed by atoms with Crippen molar-refractivity contribution in [2.75, 3.05) is 0 Å². The lowest BCUT2D eigenvalue weighted by Gasteiger charge is -2.03. The van der Waals surface area contributed by atoms with Gasteiger partial charge in [-0.1, -0.05) is 12.1 Å². The zero-order chi connectivity index (χ0) is 15.0. The highest BCUT2D eigenvalue weighted by Gasteiger charge is 2.17. The van der Waals surface area contributed by atoms with E-state index in [2.05, 4.69) is 4.74 Å². The van der Waals surface area contributed by atoms with Gasteiger partial charge >= 0.3 is 17.9 Å². The monoisotopic (exact) mass is 268 g/mol. The SMILES string of the molecule is CC(=O)O.CC(=O)OC(=O)c1ccccc1C(=O)O. The molecule has 0 aliphatic rings. The van der Waals surface area contributed by atoms with Crippen molar-refractivity contribution in [1.29, 1.82) is 0 Å². The molecular weight excluding hydrogens is 256 g/mol. The Kier molecular flexibility index (Phi) is 6.51. The number of rotatable bonds is 2. The van der Waals surface area contributed by atoms with Crippen LogP contribution in [0.5, 0.6) is 0 Å². The number of carboxylic acid groups (broad SMARTS) is 2. The molecule has 0 aromatic heterocycles. The second kappa shape index (κ2) is 7.59. The molecule has 2 N–H and O–H groups in total. The molecule has 7 heteroatoms. The van der Waals surface area contributed by atoms with Crippen LogP contribution in [-0.2, 0) is 14.3 Å². The number of hydrogen-bond donors (Lipinski definition) is 2.